The first kappa shape index (κ1) is 24.8. The lowest BCUT2D eigenvalue weighted by atomic mass is 9.76. The highest BCUT2D eigenvalue weighted by atomic mass is 16.4. The van der Waals surface area contributed by atoms with Gasteiger partial charge in [0.15, 0.2) is 0 Å². The van der Waals surface area contributed by atoms with Crippen molar-refractivity contribution in [2.45, 2.75) is 58.4 Å². The molecule has 1 atom stereocenters. The van der Waals surface area contributed by atoms with E-state index in [-0.39, 0.29) is 5.54 Å². The molecule has 1 aliphatic heterocycles. The third-order valence-electron chi connectivity index (χ3n) is 7.47. The Morgan fingerprint density at radius 2 is 1.76 bits per heavy atom. The number of phenols is 1. The van der Waals surface area contributed by atoms with Crippen LogP contribution >= 0.6 is 0 Å². The molecule has 5 rings (SSSR count). The lowest BCUT2D eigenvalue weighted by Crippen LogP contribution is -2.49. The first-order chi connectivity index (χ1) is 17.9. The number of hydrogen-bond donors (Lipinski definition) is 1. The maximum absolute atomic E-state index is 10.2. The summed E-state index contributed by atoms with van der Waals surface area (Å²) in [5, 5.41) is 18.4. The summed E-state index contributed by atoms with van der Waals surface area (Å²) in [5.41, 5.74) is 6.85. The fourth-order valence-electron chi connectivity index (χ4n) is 5.34. The predicted molar refractivity (Wildman–Crippen MR) is 150 cm³/mol. The molecule has 190 valence electrons. The highest BCUT2D eigenvalue weighted by Crippen LogP contribution is 2.44. The summed E-state index contributed by atoms with van der Waals surface area (Å²) in [4.78, 5) is 2.50. The van der Waals surface area contributed by atoms with Crippen molar-refractivity contribution in [2.75, 3.05) is 11.4 Å². The van der Waals surface area contributed by atoms with Crippen molar-refractivity contribution in [1.82, 2.24) is 10.2 Å². The Morgan fingerprint density at radius 1 is 1.00 bits per heavy atom. The number of aromatic nitrogens is 2. The molecule has 0 aliphatic carbocycles. The van der Waals surface area contributed by atoms with Crippen molar-refractivity contribution in [1.29, 1.82) is 0 Å². The van der Waals surface area contributed by atoms with Gasteiger partial charge in [0.2, 0.25) is 11.8 Å². The Morgan fingerprint density at radius 3 is 2.46 bits per heavy atom. The molecule has 0 amide bonds. The van der Waals surface area contributed by atoms with Crippen LogP contribution in [0.25, 0.3) is 12.2 Å². The predicted octanol–water partition coefficient (Wildman–Crippen LogP) is 7.35. The van der Waals surface area contributed by atoms with Crippen LogP contribution in [0, 0.1) is 0 Å². The molecule has 1 unspecified atom stereocenters. The van der Waals surface area contributed by atoms with Gasteiger partial charge in [0, 0.05) is 24.7 Å². The van der Waals surface area contributed by atoms with Crippen LogP contribution in [-0.4, -0.2) is 21.8 Å². The van der Waals surface area contributed by atoms with Crippen molar-refractivity contribution in [3.63, 3.8) is 0 Å². The summed E-state index contributed by atoms with van der Waals surface area (Å²) < 4.78 is 5.68. The van der Waals surface area contributed by atoms with E-state index in [4.69, 9.17) is 4.42 Å². The number of aryl methyl sites for hydroxylation is 1. The second-order valence-corrected chi connectivity index (χ2v) is 10.3. The van der Waals surface area contributed by atoms with E-state index in [1.165, 1.54) is 27.9 Å². The van der Waals surface area contributed by atoms with Crippen LogP contribution in [0.2, 0.25) is 0 Å². The van der Waals surface area contributed by atoms with E-state index in [1.807, 2.05) is 18.2 Å². The SMILES string of the molecule is CCCc1nnc(/C=C/c2ccc(C3(C)c4ccc(O)cc4CCN3c3ccc(C(C)C)cc3)cc2)o1. The first-order valence-corrected chi connectivity index (χ1v) is 13.2. The fourth-order valence-corrected chi connectivity index (χ4v) is 5.34. The van der Waals surface area contributed by atoms with Gasteiger partial charge in [0.1, 0.15) is 5.75 Å². The van der Waals surface area contributed by atoms with Gasteiger partial charge < -0.3 is 14.4 Å². The molecule has 0 spiro atoms. The van der Waals surface area contributed by atoms with Crippen molar-refractivity contribution < 1.29 is 9.52 Å². The molecule has 0 radical (unpaired) electrons. The molecule has 1 aromatic heterocycles. The van der Waals surface area contributed by atoms with Crippen molar-refractivity contribution in [2.24, 2.45) is 0 Å². The molecular weight excluding hydrogens is 458 g/mol. The number of hydrogen-bond acceptors (Lipinski definition) is 5. The van der Waals surface area contributed by atoms with E-state index >= 15 is 0 Å². The zero-order valence-corrected chi connectivity index (χ0v) is 22.1. The molecule has 3 aromatic carbocycles. The summed E-state index contributed by atoms with van der Waals surface area (Å²) in [6.07, 6.45) is 6.53. The number of nitrogens with zero attached hydrogens (tertiary/aromatic N) is 3. The lowest BCUT2D eigenvalue weighted by molar-refractivity contribution is 0.463. The van der Waals surface area contributed by atoms with Gasteiger partial charge in [-0.15, -0.1) is 10.2 Å². The zero-order chi connectivity index (χ0) is 26.0. The largest absolute Gasteiger partial charge is 0.508 e. The van der Waals surface area contributed by atoms with E-state index in [2.05, 4.69) is 97.4 Å². The quantitative estimate of drug-likeness (QED) is 0.292. The number of fused-ring (bicyclic) bond motifs is 1. The zero-order valence-electron chi connectivity index (χ0n) is 22.1. The van der Waals surface area contributed by atoms with Crippen LogP contribution < -0.4 is 4.90 Å². The summed E-state index contributed by atoms with van der Waals surface area (Å²) in [6.45, 7) is 9.70. The third kappa shape index (κ3) is 4.91. The van der Waals surface area contributed by atoms with Crippen LogP contribution in [0.1, 0.15) is 79.6 Å². The smallest absolute Gasteiger partial charge is 0.240 e. The lowest BCUT2D eigenvalue weighted by Gasteiger charge is -2.48. The summed E-state index contributed by atoms with van der Waals surface area (Å²) in [7, 11) is 0. The van der Waals surface area contributed by atoms with E-state index in [9.17, 15) is 5.11 Å². The minimum atomic E-state index is -0.385. The van der Waals surface area contributed by atoms with Crippen molar-refractivity contribution in [3.05, 3.63) is 106 Å². The third-order valence-corrected chi connectivity index (χ3v) is 7.47. The molecule has 1 N–H and O–H groups in total. The Hall–Kier alpha value is -3.86. The van der Waals surface area contributed by atoms with Crippen molar-refractivity contribution in [3.8, 4) is 5.75 Å². The number of aromatic hydroxyl groups is 1. The Labute approximate surface area is 219 Å². The Kier molecular flexibility index (Phi) is 6.88. The molecule has 5 nitrogen and oxygen atoms in total. The van der Waals surface area contributed by atoms with Gasteiger partial charge in [0.25, 0.3) is 0 Å². The molecule has 4 aromatic rings. The van der Waals surface area contributed by atoms with Gasteiger partial charge in [-0.2, -0.15) is 0 Å². The fraction of sp³-hybridized carbons (Fsp3) is 0.312. The average molecular weight is 494 g/mol. The molecule has 1 aliphatic rings. The number of anilines is 1. The maximum Gasteiger partial charge on any atom is 0.240 e. The van der Waals surface area contributed by atoms with Crippen molar-refractivity contribution >= 4 is 17.8 Å². The van der Waals surface area contributed by atoms with Gasteiger partial charge in [0.05, 0.1) is 5.54 Å². The standard InChI is InChI=1S/C32H35N3O2/c1-5-6-30-33-34-31(37-30)18-9-23-7-12-26(13-8-23)32(4)29-17-16-28(36)21-25(29)19-20-35(32)27-14-10-24(11-15-27)22(2)3/h7-18,21-22,36H,5-6,19-20H2,1-4H3/b18-9+. The van der Waals surface area contributed by atoms with Gasteiger partial charge in [-0.25, -0.2) is 0 Å². The Bertz CT molecular complexity index is 1390. The normalized spacial score (nSPS) is 17.5. The van der Waals surface area contributed by atoms with Crippen LogP contribution in [0.5, 0.6) is 5.75 Å². The molecule has 0 fully saturated rings. The van der Waals surface area contributed by atoms with Crippen LogP contribution in [0.4, 0.5) is 5.69 Å². The second kappa shape index (κ2) is 10.3. The summed E-state index contributed by atoms with van der Waals surface area (Å²) in [6, 6.07) is 23.4. The van der Waals surface area contributed by atoms with Gasteiger partial charge in [-0.3, -0.25) is 0 Å². The molecule has 0 bridgehead atoms. The molecule has 37 heavy (non-hydrogen) atoms. The van der Waals surface area contributed by atoms with Gasteiger partial charge in [-0.05, 0) is 83.8 Å². The highest BCUT2D eigenvalue weighted by molar-refractivity contribution is 5.67. The van der Waals surface area contributed by atoms with E-state index in [0.717, 1.165) is 31.4 Å². The number of phenolic OH excluding ortho intramolecular Hbond substituents is 1. The summed E-state index contributed by atoms with van der Waals surface area (Å²) >= 11 is 0. The minimum absolute atomic E-state index is 0.319. The molecule has 0 saturated carbocycles. The number of rotatable bonds is 7. The molecule has 2 heterocycles. The monoisotopic (exact) mass is 493 g/mol. The molecular formula is C32H35N3O2. The highest BCUT2D eigenvalue weighted by Gasteiger charge is 2.40. The first-order valence-electron chi connectivity index (χ1n) is 13.2. The second-order valence-electron chi connectivity index (χ2n) is 10.3. The minimum Gasteiger partial charge on any atom is -0.508 e. The van der Waals surface area contributed by atoms with E-state index in [0.29, 0.717) is 23.4 Å². The van der Waals surface area contributed by atoms with Gasteiger partial charge >= 0.3 is 0 Å². The van der Waals surface area contributed by atoms with E-state index < -0.39 is 0 Å². The van der Waals surface area contributed by atoms with Crippen LogP contribution in [-0.2, 0) is 18.4 Å². The Balaban J connectivity index is 1.50. The van der Waals surface area contributed by atoms with Gasteiger partial charge in [-0.1, -0.05) is 63.2 Å². The molecule has 0 saturated heterocycles. The van der Waals surface area contributed by atoms with Crippen LogP contribution in [0.15, 0.2) is 71.1 Å². The topological polar surface area (TPSA) is 62.4 Å². The maximum atomic E-state index is 10.2. The summed E-state index contributed by atoms with van der Waals surface area (Å²) in [5.74, 6) is 2.02. The molecule has 5 heteroatoms. The number of benzene rings is 3. The average Bonchev–Trinajstić information content (AvgIpc) is 3.35. The van der Waals surface area contributed by atoms with E-state index in [1.54, 1.807) is 6.07 Å². The van der Waals surface area contributed by atoms with Crippen LogP contribution in [0.3, 0.4) is 0 Å².